The molecule has 0 bridgehead atoms. The Morgan fingerprint density at radius 3 is 2.62 bits per heavy atom. The minimum Gasteiger partial charge on any atom is -0.497 e. The zero-order valence-corrected chi connectivity index (χ0v) is 14.2. The third-order valence-corrected chi connectivity index (χ3v) is 4.27. The van der Waals surface area contributed by atoms with Crippen LogP contribution in [0.25, 0.3) is 5.53 Å². The van der Waals surface area contributed by atoms with Crippen LogP contribution in [0.15, 0.2) is 18.2 Å². The summed E-state index contributed by atoms with van der Waals surface area (Å²) in [5.74, 6) is 0.367. The van der Waals surface area contributed by atoms with E-state index in [1.807, 2.05) is 13.8 Å². The lowest BCUT2D eigenvalue weighted by Gasteiger charge is -2.47. The molecule has 1 aromatic rings. The minimum absolute atomic E-state index is 0.0209. The van der Waals surface area contributed by atoms with Gasteiger partial charge in [0.1, 0.15) is 17.5 Å². The quantitative estimate of drug-likeness (QED) is 0.328. The highest BCUT2D eigenvalue weighted by Crippen LogP contribution is 2.36. The predicted octanol–water partition coefficient (Wildman–Crippen LogP) is 1.56. The Balaban J connectivity index is 2.29. The molecule has 7 heteroatoms. The molecule has 0 radical (unpaired) electrons. The Hall–Kier alpha value is -2.66. The van der Waals surface area contributed by atoms with Gasteiger partial charge in [0.05, 0.1) is 26.7 Å². The van der Waals surface area contributed by atoms with Crippen molar-refractivity contribution in [3.63, 3.8) is 0 Å². The molecular weight excluding hydrogens is 310 g/mol. The van der Waals surface area contributed by atoms with Gasteiger partial charge in [0.25, 0.3) is 5.78 Å². The van der Waals surface area contributed by atoms with Crippen molar-refractivity contribution in [2.45, 2.75) is 26.4 Å². The van der Waals surface area contributed by atoms with Crippen LogP contribution in [0.1, 0.15) is 19.4 Å². The number of nitrogens with zero attached hydrogens (tertiary/aromatic N) is 3. The average molecular weight is 331 g/mol. The molecule has 1 amide bonds. The van der Waals surface area contributed by atoms with E-state index in [0.717, 1.165) is 11.8 Å². The van der Waals surface area contributed by atoms with Crippen molar-refractivity contribution in [2.75, 3.05) is 14.2 Å². The van der Waals surface area contributed by atoms with Gasteiger partial charge in [-0.25, -0.2) is 0 Å². The van der Waals surface area contributed by atoms with Crippen LogP contribution in [0, 0.1) is 11.8 Å². The van der Waals surface area contributed by atoms with Crippen molar-refractivity contribution in [1.29, 1.82) is 0 Å². The van der Waals surface area contributed by atoms with E-state index in [0.29, 0.717) is 11.5 Å². The van der Waals surface area contributed by atoms with Crippen LogP contribution in [-0.2, 0) is 16.1 Å². The number of carbonyl (C=O) groups is 2. The minimum atomic E-state index is -0.625. The van der Waals surface area contributed by atoms with E-state index in [9.17, 15) is 9.59 Å². The van der Waals surface area contributed by atoms with Crippen molar-refractivity contribution in [3.8, 4) is 11.5 Å². The lowest BCUT2D eigenvalue weighted by atomic mass is 9.77. The molecular formula is C17H21N3O4. The molecule has 1 heterocycles. The second-order valence-electron chi connectivity index (χ2n) is 6.01. The number of ether oxygens (including phenoxy) is 2. The Labute approximate surface area is 140 Å². The number of methoxy groups -OCH3 is 2. The van der Waals surface area contributed by atoms with E-state index < -0.39 is 12.0 Å². The summed E-state index contributed by atoms with van der Waals surface area (Å²) in [5, 5.41) is 0. The monoisotopic (exact) mass is 331 g/mol. The van der Waals surface area contributed by atoms with Crippen LogP contribution >= 0.6 is 0 Å². The molecule has 0 aliphatic carbocycles. The van der Waals surface area contributed by atoms with E-state index in [1.54, 1.807) is 25.3 Å². The summed E-state index contributed by atoms with van der Waals surface area (Å²) in [6.45, 7) is 4.03. The van der Waals surface area contributed by atoms with Gasteiger partial charge in [-0.2, -0.15) is 4.79 Å². The normalized spacial score (nSPS) is 19.5. The predicted molar refractivity (Wildman–Crippen MR) is 86.9 cm³/mol. The Kier molecular flexibility index (Phi) is 5.36. The van der Waals surface area contributed by atoms with Crippen LogP contribution in [0.2, 0.25) is 0 Å². The molecule has 1 aliphatic heterocycles. The number of benzene rings is 1. The van der Waals surface area contributed by atoms with E-state index in [4.69, 9.17) is 15.0 Å². The van der Waals surface area contributed by atoms with Crippen LogP contribution < -0.4 is 9.47 Å². The number of carbonyl (C=O) groups excluding carboxylic acids is 2. The number of rotatable bonds is 7. The third-order valence-electron chi connectivity index (χ3n) is 4.27. The summed E-state index contributed by atoms with van der Waals surface area (Å²) >= 11 is 0. The van der Waals surface area contributed by atoms with Crippen molar-refractivity contribution in [3.05, 3.63) is 29.3 Å². The molecule has 2 rings (SSSR count). The highest BCUT2D eigenvalue weighted by Gasteiger charge is 2.52. The summed E-state index contributed by atoms with van der Waals surface area (Å²) < 4.78 is 10.5. The maximum Gasteiger partial charge on any atom is 0.325 e. The number of hydrogen-bond donors (Lipinski definition) is 0. The van der Waals surface area contributed by atoms with Gasteiger partial charge in [-0.3, -0.25) is 9.59 Å². The SMILES string of the molecule is COc1ccc(CN2C(=O)[C@@H](C(C)C)[C@@H]2C(=O)C=[N+]=[N-])c(OC)c1. The third kappa shape index (κ3) is 3.16. The van der Waals surface area contributed by atoms with Gasteiger partial charge in [-0.15, -0.1) is 0 Å². The molecule has 1 aliphatic rings. The standard InChI is InChI=1S/C17H21N3O4/c1-10(2)15-16(13(21)8-19-18)20(17(15)22)9-11-5-6-12(23-3)7-14(11)24-4/h5-8,10,15-16H,9H2,1-4H3/t15-,16-/m0/s1. The largest absolute Gasteiger partial charge is 0.497 e. The second kappa shape index (κ2) is 7.27. The first-order chi connectivity index (χ1) is 11.4. The van der Waals surface area contributed by atoms with Gasteiger partial charge in [0.15, 0.2) is 0 Å². The summed E-state index contributed by atoms with van der Waals surface area (Å²) in [7, 11) is 3.09. The summed E-state index contributed by atoms with van der Waals surface area (Å²) in [6.07, 6.45) is 0.852. The molecule has 0 aromatic heterocycles. The van der Waals surface area contributed by atoms with Crippen molar-refractivity contribution >= 4 is 17.9 Å². The first-order valence-corrected chi connectivity index (χ1v) is 7.67. The van der Waals surface area contributed by atoms with Gasteiger partial charge in [-0.1, -0.05) is 13.8 Å². The summed E-state index contributed by atoms with van der Waals surface area (Å²) in [4.78, 5) is 28.9. The van der Waals surface area contributed by atoms with Gasteiger partial charge >= 0.3 is 6.21 Å². The topological polar surface area (TPSA) is 92.2 Å². The molecule has 0 N–H and O–H groups in total. The van der Waals surface area contributed by atoms with Crippen molar-refractivity contribution in [2.24, 2.45) is 11.8 Å². The van der Waals surface area contributed by atoms with Crippen LogP contribution in [0.3, 0.4) is 0 Å². The van der Waals surface area contributed by atoms with Gasteiger partial charge < -0.3 is 19.9 Å². The number of Topliss-reactive ketones (excluding diaryl/α,β-unsaturated/α-hetero) is 1. The van der Waals surface area contributed by atoms with Crippen LogP contribution in [0.5, 0.6) is 11.5 Å². The molecule has 0 spiro atoms. The van der Waals surface area contributed by atoms with Gasteiger partial charge in [0.2, 0.25) is 5.91 Å². The number of amides is 1. The number of hydrogen-bond acceptors (Lipinski definition) is 4. The van der Waals surface area contributed by atoms with E-state index >= 15 is 0 Å². The van der Waals surface area contributed by atoms with E-state index in [2.05, 4.69) is 4.79 Å². The molecule has 2 atom stereocenters. The maximum absolute atomic E-state index is 12.5. The highest BCUT2D eigenvalue weighted by atomic mass is 16.5. The second-order valence-corrected chi connectivity index (χ2v) is 6.01. The summed E-state index contributed by atoms with van der Waals surface area (Å²) in [6, 6.07) is 4.68. The van der Waals surface area contributed by atoms with E-state index in [1.165, 1.54) is 12.0 Å². The zero-order chi connectivity index (χ0) is 17.9. The molecule has 1 aromatic carbocycles. The fourth-order valence-corrected chi connectivity index (χ4v) is 3.03. The molecule has 128 valence electrons. The number of β-lactam (4-membered cyclic amide) rings is 1. The molecule has 0 unspecified atom stereocenters. The fraction of sp³-hybridized carbons (Fsp3) is 0.471. The zero-order valence-electron chi connectivity index (χ0n) is 14.2. The molecule has 24 heavy (non-hydrogen) atoms. The van der Waals surface area contributed by atoms with Crippen molar-refractivity contribution in [1.82, 2.24) is 4.90 Å². The molecule has 0 saturated carbocycles. The Bertz CT molecular complexity index is 695. The van der Waals surface area contributed by atoms with Gasteiger partial charge in [-0.05, 0) is 18.1 Å². The first kappa shape index (κ1) is 17.7. The van der Waals surface area contributed by atoms with E-state index in [-0.39, 0.29) is 24.2 Å². The lowest BCUT2D eigenvalue weighted by Crippen LogP contribution is -2.65. The Morgan fingerprint density at radius 2 is 2.08 bits per heavy atom. The van der Waals surface area contributed by atoms with Crippen molar-refractivity contribution < 1.29 is 23.9 Å². The van der Waals surface area contributed by atoms with Crippen LogP contribution in [-0.4, -0.2) is 47.9 Å². The molecule has 7 nitrogen and oxygen atoms in total. The number of ketones is 1. The molecule has 1 fully saturated rings. The highest BCUT2D eigenvalue weighted by molar-refractivity contribution is 6.30. The van der Waals surface area contributed by atoms with Crippen LogP contribution in [0.4, 0.5) is 0 Å². The maximum atomic E-state index is 12.5. The first-order valence-electron chi connectivity index (χ1n) is 7.67. The fourth-order valence-electron chi connectivity index (χ4n) is 3.03. The van der Waals surface area contributed by atoms with Gasteiger partial charge in [0, 0.05) is 11.6 Å². The summed E-state index contributed by atoms with van der Waals surface area (Å²) in [5.41, 5.74) is 9.39. The number of likely N-dealkylation sites (tertiary alicyclic amines) is 1. The molecule has 1 saturated heterocycles. The average Bonchev–Trinajstić information content (AvgIpc) is 2.56. The lowest BCUT2D eigenvalue weighted by molar-refractivity contribution is -0.165. The smallest absolute Gasteiger partial charge is 0.325 e. The Morgan fingerprint density at radius 1 is 1.38 bits per heavy atom.